The first-order valence-electron chi connectivity index (χ1n) is 5.32. The van der Waals surface area contributed by atoms with Gasteiger partial charge in [-0.25, -0.2) is 0 Å². The van der Waals surface area contributed by atoms with Crippen LogP contribution in [0.1, 0.15) is 11.7 Å². The van der Waals surface area contributed by atoms with Gasteiger partial charge >= 0.3 is 5.97 Å². The molecule has 1 N–H and O–H groups in total. The molecule has 0 aliphatic heterocycles. The van der Waals surface area contributed by atoms with Crippen molar-refractivity contribution in [1.82, 2.24) is 0 Å². The molecule has 0 bridgehead atoms. The Bertz CT molecular complexity index is 522. The Balaban J connectivity index is 2.08. The van der Waals surface area contributed by atoms with Gasteiger partial charge in [0.1, 0.15) is 24.0 Å². The predicted octanol–water partition coefficient (Wildman–Crippen LogP) is 3.18. The molecule has 0 fully saturated rings. The van der Waals surface area contributed by atoms with Gasteiger partial charge in [0.05, 0.1) is 11.3 Å². The number of carboxylic acid groups (broad SMARTS) is 1. The Morgan fingerprint density at radius 1 is 1.33 bits per heavy atom. The molecule has 0 spiro atoms. The lowest BCUT2D eigenvalue weighted by Gasteiger charge is -2.12. The molecule has 0 aliphatic rings. The summed E-state index contributed by atoms with van der Waals surface area (Å²) < 4.78 is 10.5. The molecule has 2 rings (SSSR count). The first kappa shape index (κ1) is 12.5. The van der Waals surface area contributed by atoms with Crippen LogP contribution < -0.4 is 4.74 Å². The maximum absolute atomic E-state index is 11.1. The highest BCUT2D eigenvalue weighted by Crippen LogP contribution is 2.25. The fourth-order valence-corrected chi connectivity index (χ4v) is 1.69. The number of para-hydroxylation sites is 1. The number of hydrogen-bond donors (Lipinski definition) is 1. The van der Waals surface area contributed by atoms with Gasteiger partial charge in [-0.1, -0.05) is 23.7 Å². The predicted molar refractivity (Wildman–Crippen MR) is 66.0 cm³/mol. The van der Waals surface area contributed by atoms with E-state index in [0.717, 1.165) is 0 Å². The molecule has 0 aliphatic carbocycles. The van der Waals surface area contributed by atoms with Crippen LogP contribution in [0.15, 0.2) is 47.1 Å². The Kier molecular flexibility index (Phi) is 3.89. The van der Waals surface area contributed by atoms with Crippen LogP contribution in [-0.4, -0.2) is 17.7 Å². The Hall–Kier alpha value is -1.94. The molecule has 18 heavy (non-hydrogen) atoms. The van der Waals surface area contributed by atoms with Crippen molar-refractivity contribution in [1.29, 1.82) is 0 Å². The van der Waals surface area contributed by atoms with Gasteiger partial charge in [0.25, 0.3) is 0 Å². The normalized spacial score (nSPS) is 12.1. The van der Waals surface area contributed by atoms with Gasteiger partial charge in [-0.2, -0.15) is 0 Å². The van der Waals surface area contributed by atoms with E-state index in [9.17, 15) is 4.79 Å². The zero-order valence-electron chi connectivity index (χ0n) is 9.38. The number of ether oxygens (including phenoxy) is 1. The highest BCUT2D eigenvalue weighted by atomic mass is 35.5. The van der Waals surface area contributed by atoms with Gasteiger partial charge < -0.3 is 14.3 Å². The Labute approximate surface area is 109 Å². The number of halogens is 1. The minimum absolute atomic E-state index is 0.0351. The lowest BCUT2D eigenvalue weighted by molar-refractivity contribution is -0.140. The van der Waals surface area contributed by atoms with Crippen LogP contribution in [0.3, 0.4) is 0 Å². The van der Waals surface area contributed by atoms with E-state index >= 15 is 0 Å². The van der Waals surface area contributed by atoms with E-state index in [1.54, 1.807) is 36.4 Å². The number of benzene rings is 1. The number of furan rings is 1. The first-order chi connectivity index (χ1) is 8.68. The summed E-state index contributed by atoms with van der Waals surface area (Å²) in [5, 5.41) is 9.56. The van der Waals surface area contributed by atoms with Crippen molar-refractivity contribution in [3.63, 3.8) is 0 Å². The summed E-state index contributed by atoms with van der Waals surface area (Å²) in [6.07, 6.45) is 1.43. The quantitative estimate of drug-likeness (QED) is 0.903. The molecule has 5 heteroatoms. The van der Waals surface area contributed by atoms with E-state index in [4.69, 9.17) is 25.9 Å². The van der Waals surface area contributed by atoms with Gasteiger partial charge in [-0.15, -0.1) is 0 Å². The smallest absolute Gasteiger partial charge is 0.317 e. The summed E-state index contributed by atoms with van der Waals surface area (Å²) in [4.78, 5) is 11.1. The van der Waals surface area contributed by atoms with Crippen molar-refractivity contribution in [2.45, 2.75) is 5.92 Å². The average Bonchev–Trinajstić information content (AvgIpc) is 2.85. The highest BCUT2D eigenvalue weighted by Gasteiger charge is 2.23. The number of carbonyl (C=O) groups is 1. The van der Waals surface area contributed by atoms with E-state index < -0.39 is 11.9 Å². The van der Waals surface area contributed by atoms with E-state index in [2.05, 4.69) is 0 Å². The number of rotatable bonds is 5. The third-order valence-corrected chi connectivity index (χ3v) is 2.74. The van der Waals surface area contributed by atoms with E-state index in [1.165, 1.54) is 6.26 Å². The van der Waals surface area contributed by atoms with Gasteiger partial charge in [0, 0.05) is 0 Å². The molecule has 0 amide bonds. The molecule has 2 aromatic rings. The monoisotopic (exact) mass is 266 g/mol. The molecule has 94 valence electrons. The van der Waals surface area contributed by atoms with E-state index in [-0.39, 0.29) is 6.61 Å². The van der Waals surface area contributed by atoms with Gasteiger partial charge in [0.15, 0.2) is 0 Å². The molecule has 1 heterocycles. The fourth-order valence-electron chi connectivity index (χ4n) is 1.50. The van der Waals surface area contributed by atoms with Crippen LogP contribution in [0.5, 0.6) is 5.75 Å². The van der Waals surface area contributed by atoms with Crippen LogP contribution in [0.2, 0.25) is 5.02 Å². The number of carboxylic acids is 1. The second-order valence-corrected chi connectivity index (χ2v) is 4.05. The van der Waals surface area contributed by atoms with Crippen molar-refractivity contribution >= 4 is 17.6 Å². The standard InChI is InChI=1S/C13H11ClO4/c14-10-4-1-2-5-12(10)18-8-9(13(15)16)11-6-3-7-17-11/h1-7,9H,8H2,(H,15,16). The molecule has 0 saturated heterocycles. The molecule has 1 unspecified atom stereocenters. The van der Waals surface area contributed by atoms with Gasteiger partial charge in [0.2, 0.25) is 0 Å². The molecule has 4 nitrogen and oxygen atoms in total. The van der Waals surface area contributed by atoms with Crippen molar-refractivity contribution in [2.24, 2.45) is 0 Å². The zero-order valence-corrected chi connectivity index (χ0v) is 10.1. The summed E-state index contributed by atoms with van der Waals surface area (Å²) >= 11 is 5.92. The maximum atomic E-state index is 11.1. The van der Waals surface area contributed by atoms with Gasteiger partial charge in [-0.3, -0.25) is 4.79 Å². The van der Waals surface area contributed by atoms with Crippen molar-refractivity contribution < 1.29 is 19.1 Å². The minimum Gasteiger partial charge on any atom is -0.491 e. The van der Waals surface area contributed by atoms with E-state index in [1.807, 2.05) is 0 Å². The SMILES string of the molecule is O=C(O)C(COc1ccccc1Cl)c1ccco1. The average molecular weight is 267 g/mol. The topological polar surface area (TPSA) is 59.7 Å². The lowest BCUT2D eigenvalue weighted by atomic mass is 10.1. The van der Waals surface area contributed by atoms with Crippen molar-refractivity contribution in [2.75, 3.05) is 6.61 Å². The van der Waals surface area contributed by atoms with Crippen molar-refractivity contribution in [3.05, 3.63) is 53.4 Å². The van der Waals surface area contributed by atoms with Crippen molar-refractivity contribution in [3.8, 4) is 5.75 Å². The maximum Gasteiger partial charge on any atom is 0.317 e. The third-order valence-electron chi connectivity index (χ3n) is 2.43. The molecular formula is C13H11ClO4. The number of aliphatic carboxylic acids is 1. The largest absolute Gasteiger partial charge is 0.491 e. The van der Waals surface area contributed by atoms with Gasteiger partial charge in [-0.05, 0) is 24.3 Å². The van der Waals surface area contributed by atoms with Crippen LogP contribution in [0.25, 0.3) is 0 Å². The molecule has 1 aromatic carbocycles. The first-order valence-corrected chi connectivity index (χ1v) is 5.70. The summed E-state index contributed by atoms with van der Waals surface area (Å²) in [6, 6.07) is 10.2. The van der Waals surface area contributed by atoms with Crippen LogP contribution in [-0.2, 0) is 4.79 Å². The zero-order chi connectivity index (χ0) is 13.0. The summed E-state index contributed by atoms with van der Waals surface area (Å²) in [6.45, 7) is -0.0351. The van der Waals surface area contributed by atoms with E-state index in [0.29, 0.717) is 16.5 Å². The summed E-state index contributed by atoms with van der Waals surface area (Å²) in [5.74, 6) is -1.04. The number of hydrogen-bond acceptors (Lipinski definition) is 3. The highest BCUT2D eigenvalue weighted by molar-refractivity contribution is 6.32. The third kappa shape index (κ3) is 2.84. The van der Waals surface area contributed by atoms with Crippen LogP contribution in [0, 0.1) is 0 Å². The van der Waals surface area contributed by atoms with Crippen LogP contribution >= 0.6 is 11.6 Å². The molecule has 0 saturated carbocycles. The second-order valence-electron chi connectivity index (χ2n) is 3.65. The molecular weight excluding hydrogens is 256 g/mol. The second kappa shape index (κ2) is 5.60. The molecule has 0 radical (unpaired) electrons. The molecule has 1 aromatic heterocycles. The lowest BCUT2D eigenvalue weighted by Crippen LogP contribution is -2.19. The Morgan fingerprint density at radius 3 is 2.72 bits per heavy atom. The fraction of sp³-hybridized carbons (Fsp3) is 0.154. The Morgan fingerprint density at radius 2 is 2.11 bits per heavy atom. The summed E-state index contributed by atoms with van der Waals surface area (Å²) in [5.41, 5.74) is 0. The van der Waals surface area contributed by atoms with Crippen LogP contribution in [0.4, 0.5) is 0 Å². The minimum atomic E-state index is -1.00. The molecule has 1 atom stereocenters. The summed E-state index contributed by atoms with van der Waals surface area (Å²) in [7, 11) is 0.